The fourth-order valence-corrected chi connectivity index (χ4v) is 14.7. The van der Waals surface area contributed by atoms with Gasteiger partial charge in [-0.25, -0.2) is 0 Å². The van der Waals surface area contributed by atoms with Gasteiger partial charge in [-0.1, -0.05) is 274 Å². The third-order valence-corrected chi connectivity index (χ3v) is 17.7. The highest BCUT2D eigenvalue weighted by Gasteiger charge is 2.53. The Balaban J connectivity index is 0.00000506. The van der Waals surface area contributed by atoms with Crippen LogP contribution in [-0.2, 0) is 16.2 Å². The highest BCUT2D eigenvalue weighted by Crippen LogP contribution is 2.65. The third-order valence-electron chi connectivity index (χ3n) is 17.7. The van der Waals surface area contributed by atoms with Crippen molar-refractivity contribution in [3.05, 3.63) is 358 Å². The van der Waals surface area contributed by atoms with Gasteiger partial charge in [0.2, 0.25) is 0 Å². The maximum atomic E-state index is 2.55. The Hall–Kier alpha value is -9.36. The topological polar surface area (TPSA) is 0 Å². The van der Waals surface area contributed by atoms with Crippen LogP contribution in [-0.4, -0.2) is 0 Å². The second-order valence-corrected chi connectivity index (χ2v) is 20.9. The zero-order valence-electron chi connectivity index (χ0n) is 41.2. The molecule has 356 valence electrons. The van der Waals surface area contributed by atoms with Crippen LogP contribution in [0.2, 0.25) is 0 Å². The summed E-state index contributed by atoms with van der Waals surface area (Å²) in [4.78, 5) is 0. The van der Waals surface area contributed by atoms with E-state index in [-0.39, 0.29) is 7.43 Å². The monoisotopic (exact) mass is 964 g/mol. The van der Waals surface area contributed by atoms with Crippen molar-refractivity contribution in [2.45, 2.75) is 23.7 Å². The van der Waals surface area contributed by atoms with E-state index in [1.165, 1.54) is 134 Å². The molecule has 0 heteroatoms. The van der Waals surface area contributed by atoms with Gasteiger partial charge in [0.05, 0.1) is 16.2 Å². The number of fused-ring (bicyclic) bond motifs is 16. The minimum absolute atomic E-state index is 0. The van der Waals surface area contributed by atoms with E-state index in [0.717, 1.165) is 0 Å². The van der Waals surface area contributed by atoms with Gasteiger partial charge < -0.3 is 0 Å². The van der Waals surface area contributed by atoms with Gasteiger partial charge in [0.25, 0.3) is 0 Å². The summed E-state index contributed by atoms with van der Waals surface area (Å²) in [6.07, 6.45) is 0. The van der Waals surface area contributed by atoms with Crippen molar-refractivity contribution in [2.24, 2.45) is 0 Å². The summed E-state index contributed by atoms with van der Waals surface area (Å²) in [5, 5.41) is 0. The molecule has 0 heterocycles. The molecule has 0 bridgehead atoms. The highest BCUT2D eigenvalue weighted by molar-refractivity contribution is 5.98. The molecule has 1 spiro atoms. The van der Waals surface area contributed by atoms with Crippen LogP contribution in [0.4, 0.5) is 0 Å². The molecule has 0 aliphatic heterocycles. The summed E-state index contributed by atoms with van der Waals surface area (Å²) < 4.78 is 0. The first-order chi connectivity index (χ1) is 37.2. The van der Waals surface area contributed by atoms with Gasteiger partial charge in [0, 0.05) is 0 Å². The zero-order valence-corrected chi connectivity index (χ0v) is 41.2. The first-order valence-electron chi connectivity index (χ1n) is 26.4. The zero-order chi connectivity index (χ0) is 49.3. The number of hydrogen-bond donors (Lipinski definition) is 0. The highest BCUT2D eigenvalue weighted by atomic mass is 14.5. The van der Waals surface area contributed by atoms with Crippen LogP contribution >= 0.6 is 0 Å². The van der Waals surface area contributed by atoms with Gasteiger partial charge in [-0.2, -0.15) is 0 Å². The van der Waals surface area contributed by atoms with Crippen LogP contribution in [0.3, 0.4) is 0 Å². The summed E-state index contributed by atoms with van der Waals surface area (Å²) in [5.74, 6) is 0. The first-order valence-corrected chi connectivity index (χ1v) is 26.4. The van der Waals surface area contributed by atoms with E-state index in [0.29, 0.717) is 0 Å². The molecule has 16 rings (SSSR count). The maximum absolute atomic E-state index is 2.55. The van der Waals surface area contributed by atoms with E-state index in [2.05, 4.69) is 291 Å². The molecule has 4 aliphatic rings. The van der Waals surface area contributed by atoms with Crippen molar-refractivity contribution in [3.63, 3.8) is 0 Å². The molecule has 12 aromatic rings. The lowest BCUT2D eigenvalue weighted by Gasteiger charge is -2.34. The van der Waals surface area contributed by atoms with Crippen LogP contribution in [0.25, 0.3) is 66.8 Å². The third kappa shape index (κ3) is 5.68. The SMILES string of the molecule is C.c1ccc(C2(c3ccccc3)c3ccccc3-c3ccc(-c4ccc5c(c4)C4(c6ccccc6-c6ccccc64)c4cc(-c6ccc7c(c6)C(c6ccccc6)(c6ccccc6)c6ccccc6-7)ccc4-5)cc32)cc1. The second kappa shape index (κ2) is 16.6. The normalized spacial score (nSPS) is 14.5. The molecule has 0 aromatic heterocycles. The van der Waals surface area contributed by atoms with Crippen molar-refractivity contribution in [1.29, 1.82) is 0 Å². The minimum Gasteiger partial charge on any atom is -0.0776 e. The predicted molar refractivity (Wildman–Crippen MR) is 315 cm³/mol. The van der Waals surface area contributed by atoms with Gasteiger partial charge in [-0.15, -0.1) is 0 Å². The van der Waals surface area contributed by atoms with Gasteiger partial charge in [0.1, 0.15) is 0 Å². The molecule has 0 unspecified atom stereocenters. The average molecular weight is 965 g/mol. The Morgan fingerprint density at radius 3 is 0.618 bits per heavy atom. The molecule has 0 radical (unpaired) electrons. The number of benzene rings is 12. The summed E-state index contributed by atoms with van der Waals surface area (Å²) in [7, 11) is 0. The fraction of sp³-hybridized carbons (Fsp3) is 0.0526. The van der Waals surface area contributed by atoms with Crippen molar-refractivity contribution < 1.29 is 0 Å². The lowest BCUT2D eigenvalue weighted by molar-refractivity contribution is 0.768. The molecule has 0 atom stereocenters. The molecule has 0 amide bonds. The summed E-state index contributed by atoms with van der Waals surface area (Å²) >= 11 is 0. The van der Waals surface area contributed by atoms with Crippen LogP contribution < -0.4 is 0 Å². The molecule has 0 N–H and O–H groups in total. The van der Waals surface area contributed by atoms with Crippen molar-refractivity contribution in [3.8, 4) is 66.8 Å². The lowest BCUT2D eigenvalue weighted by Crippen LogP contribution is -2.28. The van der Waals surface area contributed by atoms with E-state index in [4.69, 9.17) is 0 Å². The Morgan fingerprint density at radius 1 is 0.158 bits per heavy atom. The molecular weight excluding hydrogens is 913 g/mol. The van der Waals surface area contributed by atoms with Gasteiger partial charge >= 0.3 is 0 Å². The predicted octanol–water partition coefficient (Wildman–Crippen LogP) is 18.7. The van der Waals surface area contributed by atoms with Crippen molar-refractivity contribution >= 4 is 0 Å². The fourth-order valence-electron chi connectivity index (χ4n) is 14.7. The summed E-state index contributed by atoms with van der Waals surface area (Å²) in [6, 6.07) is 110. The smallest absolute Gasteiger partial charge is 0.0725 e. The van der Waals surface area contributed by atoms with E-state index in [1.54, 1.807) is 0 Å². The average Bonchev–Trinajstić information content (AvgIpc) is 4.24. The van der Waals surface area contributed by atoms with Crippen LogP contribution in [0.1, 0.15) is 74.2 Å². The number of rotatable bonds is 6. The summed E-state index contributed by atoms with van der Waals surface area (Å²) in [5.41, 5.74) is 29.5. The van der Waals surface area contributed by atoms with E-state index >= 15 is 0 Å². The maximum Gasteiger partial charge on any atom is 0.0725 e. The molecule has 4 aliphatic carbocycles. The molecule has 0 fully saturated rings. The first kappa shape index (κ1) is 44.2. The van der Waals surface area contributed by atoms with Crippen LogP contribution in [0.15, 0.2) is 291 Å². The summed E-state index contributed by atoms with van der Waals surface area (Å²) in [6.45, 7) is 0. The molecule has 0 nitrogen and oxygen atoms in total. The Labute approximate surface area is 446 Å². The quantitative estimate of drug-likeness (QED) is 0.156. The van der Waals surface area contributed by atoms with Gasteiger partial charge in [0.15, 0.2) is 0 Å². The Bertz CT molecular complexity index is 3920. The molecule has 0 saturated carbocycles. The standard InChI is InChI=1S/C75H48.CH4/c1-5-21-53(22-6-1)73(54-23-7-2-8-24-54)65-33-17-13-31-59(65)61-41-37-49(45-69(61)73)51-39-43-63-64-44-40-52(48-72(64)75(71(63)47-51)67-35-19-15-29-57(67)58-30-16-20-36-68(58)75)50-38-42-62-60-32-14-18-34-66(60)74(70(62)46-50,55-25-9-3-10-26-55)56-27-11-4-12-28-56;/h1-48H;1H4. The van der Waals surface area contributed by atoms with E-state index < -0.39 is 16.2 Å². The van der Waals surface area contributed by atoms with E-state index in [1.807, 2.05) is 0 Å². The Morgan fingerprint density at radius 2 is 0.355 bits per heavy atom. The minimum atomic E-state index is -0.542. The Kier molecular flexibility index (Phi) is 9.63. The van der Waals surface area contributed by atoms with E-state index in [9.17, 15) is 0 Å². The molecule has 76 heavy (non-hydrogen) atoms. The lowest BCUT2D eigenvalue weighted by atomic mass is 9.67. The molecule has 0 saturated heterocycles. The van der Waals surface area contributed by atoms with Crippen molar-refractivity contribution in [1.82, 2.24) is 0 Å². The molecule has 12 aromatic carbocycles. The molecular formula is C76H52. The van der Waals surface area contributed by atoms with Crippen LogP contribution in [0.5, 0.6) is 0 Å². The van der Waals surface area contributed by atoms with Crippen LogP contribution in [0, 0.1) is 0 Å². The second-order valence-electron chi connectivity index (χ2n) is 20.9. The largest absolute Gasteiger partial charge is 0.0776 e. The van der Waals surface area contributed by atoms with Gasteiger partial charge in [-0.3, -0.25) is 0 Å². The number of hydrogen-bond acceptors (Lipinski definition) is 0. The van der Waals surface area contributed by atoms with Crippen molar-refractivity contribution in [2.75, 3.05) is 0 Å². The van der Waals surface area contributed by atoms with Gasteiger partial charge in [-0.05, 0) is 158 Å².